The molecule has 0 saturated carbocycles. The van der Waals surface area contributed by atoms with Crippen molar-refractivity contribution in [3.63, 3.8) is 0 Å². The Balaban J connectivity index is 1.57. The van der Waals surface area contributed by atoms with E-state index in [1.807, 2.05) is 63.2 Å². The van der Waals surface area contributed by atoms with Gasteiger partial charge in [-0.25, -0.2) is 4.79 Å². The molecule has 1 aromatic heterocycles. The molecule has 0 spiro atoms. The number of benzene rings is 2. The van der Waals surface area contributed by atoms with Crippen molar-refractivity contribution < 1.29 is 9.32 Å². The Morgan fingerprint density at radius 1 is 1.07 bits per heavy atom. The standard InChI is InChI=1S/C21H24N4O2/c1-14-6-9-17(10-7-14)20-23-19(24-27-20)11-12-25(4)21(26)22-18-13-15(2)5-8-16(18)3/h5-10,13H,11-12H2,1-4H3,(H,22,26). The topological polar surface area (TPSA) is 71.3 Å². The number of nitrogens with one attached hydrogen (secondary N) is 1. The van der Waals surface area contributed by atoms with Crippen LogP contribution in [0.15, 0.2) is 47.0 Å². The van der Waals surface area contributed by atoms with Crippen LogP contribution in [0.3, 0.4) is 0 Å². The first-order chi connectivity index (χ1) is 12.9. The number of anilines is 1. The average Bonchev–Trinajstić information content (AvgIpc) is 3.12. The Morgan fingerprint density at radius 2 is 1.78 bits per heavy atom. The Hall–Kier alpha value is -3.15. The van der Waals surface area contributed by atoms with Gasteiger partial charge in [-0.3, -0.25) is 0 Å². The normalized spacial score (nSPS) is 10.7. The first kappa shape index (κ1) is 18.6. The molecule has 1 N–H and O–H groups in total. The SMILES string of the molecule is Cc1ccc(-c2nc(CCN(C)C(=O)Nc3cc(C)ccc3C)no2)cc1. The van der Waals surface area contributed by atoms with Crippen LogP contribution in [0.4, 0.5) is 10.5 Å². The lowest BCUT2D eigenvalue weighted by Gasteiger charge is -2.18. The average molecular weight is 364 g/mol. The van der Waals surface area contributed by atoms with Crippen LogP contribution in [0.25, 0.3) is 11.5 Å². The Kier molecular flexibility index (Phi) is 5.54. The van der Waals surface area contributed by atoms with Crippen molar-refractivity contribution in [3.8, 4) is 11.5 Å². The van der Waals surface area contributed by atoms with Gasteiger partial charge in [-0.05, 0) is 50.1 Å². The molecule has 2 aromatic carbocycles. The molecular formula is C21H24N4O2. The highest BCUT2D eigenvalue weighted by atomic mass is 16.5. The van der Waals surface area contributed by atoms with Crippen molar-refractivity contribution in [1.29, 1.82) is 0 Å². The van der Waals surface area contributed by atoms with Crippen molar-refractivity contribution in [2.45, 2.75) is 27.2 Å². The van der Waals surface area contributed by atoms with E-state index >= 15 is 0 Å². The van der Waals surface area contributed by atoms with E-state index in [0.29, 0.717) is 24.7 Å². The third-order valence-electron chi connectivity index (χ3n) is 4.42. The van der Waals surface area contributed by atoms with E-state index in [1.165, 1.54) is 5.56 Å². The minimum Gasteiger partial charge on any atom is -0.334 e. The smallest absolute Gasteiger partial charge is 0.321 e. The van der Waals surface area contributed by atoms with Gasteiger partial charge in [-0.1, -0.05) is 35.0 Å². The molecule has 0 atom stereocenters. The second kappa shape index (κ2) is 8.03. The molecule has 0 bridgehead atoms. The fraction of sp³-hybridized carbons (Fsp3) is 0.286. The molecule has 27 heavy (non-hydrogen) atoms. The second-order valence-corrected chi connectivity index (χ2v) is 6.80. The third kappa shape index (κ3) is 4.73. The zero-order valence-corrected chi connectivity index (χ0v) is 16.1. The van der Waals surface area contributed by atoms with E-state index in [4.69, 9.17) is 4.52 Å². The molecule has 3 aromatic rings. The van der Waals surface area contributed by atoms with Gasteiger partial charge in [0, 0.05) is 31.3 Å². The number of carbonyl (C=O) groups is 1. The van der Waals surface area contributed by atoms with Crippen molar-refractivity contribution in [3.05, 3.63) is 65.0 Å². The summed E-state index contributed by atoms with van der Waals surface area (Å²) >= 11 is 0. The zero-order chi connectivity index (χ0) is 19.4. The highest BCUT2D eigenvalue weighted by Gasteiger charge is 2.13. The fourth-order valence-electron chi connectivity index (χ4n) is 2.62. The first-order valence-electron chi connectivity index (χ1n) is 8.91. The van der Waals surface area contributed by atoms with Gasteiger partial charge in [-0.15, -0.1) is 0 Å². The van der Waals surface area contributed by atoms with Crippen LogP contribution in [0.2, 0.25) is 0 Å². The van der Waals surface area contributed by atoms with Crippen LogP contribution in [-0.2, 0) is 6.42 Å². The number of amides is 2. The van der Waals surface area contributed by atoms with Crippen molar-refractivity contribution in [2.75, 3.05) is 18.9 Å². The molecule has 1 heterocycles. The summed E-state index contributed by atoms with van der Waals surface area (Å²) in [6.07, 6.45) is 0.520. The fourth-order valence-corrected chi connectivity index (χ4v) is 2.62. The van der Waals surface area contributed by atoms with Crippen LogP contribution in [0.1, 0.15) is 22.5 Å². The minimum absolute atomic E-state index is 0.161. The molecule has 0 fully saturated rings. The number of carbonyl (C=O) groups excluding carboxylic acids is 1. The molecule has 2 amide bonds. The Bertz CT molecular complexity index is 932. The largest absolute Gasteiger partial charge is 0.334 e. The summed E-state index contributed by atoms with van der Waals surface area (Å²) in [7, 11) is 1.75. The molecule has 0 saturated heterocycles. The summed E-state index contributed by atoms with van der Waals surface area (Å²) in [5.74, 6) is 1.07. The van der Waals surface area contributed by atoms with E-state index in [2.05, 4.69) is 15.5 Å². The van der Waals surface area contributed by atoms with Gasteiger partial charge in [0.2, 0.25) is 0 Å². The maximum Gasteiger partial charge on any atom is 0.321 e. The van der Waals surface area contributed by atoms with Gasteiger partial charge < -0.3 is 14.7 Å². The highest BCUT2D eigenvalue weighted by Crippen LogP contribution is 2.18. The molecular weight excluding hydrogens is 340 g/mol. The number of hydrogen-bond acceptors (Lipinski definition) is 4. The summed E-state index contributed by atoms with van der Waals surface area (Å²) < 4.78 is 5.33. The van der Waals surface area contributed by atoms with E-state index in [9.17, 15) is 4.79 Å². The lowest BCUT2D eigenvalue weighted by Crippen LogP contribution is -2.33. The van der Waals surface area contributed by atoms with Crippen molar-refractivity contribution in [1.82, 2.24) is 15.0 Å². The molecule has 0 aliphatic rings. The van der Waals surface area contributed by atoms with Gasteiger partial charge in [-0.2, -0.15) is 4.98 Å². The molecule has 0 aliphatic carbocycles. The van der Waals surface area contributed by atoms with Crippen LogP contribution in [0.5, 0.6) is 0 Å². The van der Waals surface area contributed by atoms with E-state index in [0.717, 1.165) is 22.4 Å². The number of rotatable bonds is 5. The second-order valence-electron chi connectivity index (χ2n) is 6.80. The van der Waals surface area contributed by atoms with Crippen molar-refractivity contribution >= 4 is 11.7 Å². The van der Waals surface area contributed by atoms with E-state index < -0.39 is 0 Å². The number of aryl methyl sites for hydroxylation is 3. The number of urea groups is 1. The van der Waals surface area contributed by atoms with Gasteiger partial charge in [0.25, 0.3) is 5.89 Å². The summed E-state index contributed by atoms with van der Waals surface area (Å²) in [6, 6.07) is 13.7. The van der Waals surface area contributed by atoms with Gasteiger partial charge in [0.1, 0.15) is 0 Å². The number of aromatic nitrogens is 2. The number of nitrogens with zero attached hydrogens (tertiary/aromatic N) is 3. The van der Waals surface area contributed by atoms with E-state index in [-0.39, 0.29) is 6.03 Å². The quantitative estimate of drug-likeness (QED) is 0.730. The van der Waals surface area contributed by atoms with Gasteiger partial charge in [0.15, 0.2) is 5.82 Å². The van der Waals surface area contributed by atoms with E-state index in [1.54, 1.807) is 11.9 Å². The molecule has 6 heteroatoms. The Morgan fingerprint density at radius 3 is 2.52 bits per heavy atom. The molecule has 3 rings (SSSR count). The molecule has 140 valence electrons. The predicted octanol–water partition coefficient (Wildman–Crippen LogP) is 4.37. The summed E-state index contributed by atoms with van der Waals surface area (Å²) in [4.78, 5) is 18.4. The van der Waals surface area contributed by atoms with Crippen molar-refractivity contribution in [2.24, 2.45) is 0 Å². The van der Waals surface area contributed by atoms with Crippen LogP contribution in [0, 0.1) is 20.8 Å². The van der Waals surface area contributed by atoms with Gasteiger partial charge >= 0.3 is 6.03 Å². The maximum atomic E-state index is 12.4. The Labute approximate surface area is 159 Å². The third-order valence-corrected chi connectivity index (χ3v) is 4.42. The lowest BCUT2D eigenvalue weighted by atomic mass is 10.1. The molecule has 0 radical (unpaired) electrons. The lowest BCUT2D eigenvalue weighted by molar-refractivity contribution is 0.222. The summed E-state index contributed by atoms with van der Waals surface area (Å²) in [5, 5.41) is 6.96. The monoisotopic (exact) mass is 364 g/mol. The minimum atomic E-state index is -0.161. The predicted molar refractivity (Wildman–Crippen MR) is 106 cm³/mol. The van der Waals surface area contributed by atoms with Crippen LogP contribution in [-0.4, -0.2) is 34.7 Å². The number of likely N-dealkylation sites (N-methyl/N-ethyl adjacent to an activating group) is 1. The first-order valence-corrected chi connectivity index (χ1v) is 8.91. The van der Waals surface area contributed by atoms with Gasteiger partial charge in [0.05, 0.1) is 0 Å². The molecule has 6 nitrogen and oxygen atoms in total. The number of hydrogen-bond donors (Lipinski definition) is 1. The van der Waals surface area contributed by atoms with Crippen LogP contribution < -0.4 is 5.32 Å². The molecule has 0 unspecified atom stereocenters. The molecule has 0 aliphatic heterocycles. The highest BCUT2D eigenvalue weighted by molar-refractivity contribution is 5.90. The van der Waals surface area contributed by atoms with Crippen LogP contribution >= 0.6 is 0 Å². The summed E-state index contributed by atoms with van der Waals surface area (Å²) in [5.41, 5.74) is 5.03. The zero-order valence-electron chi connectivity index (χ0n) is 16.1. The summed E-state index contributed by atoms with van der Waals surface area (Å²) in [6.45, 7) is 6.49. The maximum absolute atomic E-state index is 12.4.